The largest absolute Gasteiger partial charge is 0.465 e. The second-order valence-corrected chi connectivity index (χ2v) is 6.69. The Balaban J connectivity index is 3.44. The van der Waals surface area contributed by atoms with Gasteiger partial charge in [-0.05, 0) is 40.2 Å². The van der Waals surface area contributed by atoms with Crippen molar-refractivity contribution < 1.29 is 9.53 Å². The van der Waals surface area contributed by atoms with Crippen LogP contribution in [-0.4, -0.2) is 13.1 Å². The molecule has 1 aromatic carbocycles. The maximum Gasteiger partial charge on any atom is 0.337 e. The monoisotopic (exact) mass is 247 g/mol. The number of benzene rings is 1. The second kappa shape index (κ2) is 4.75. The molecule has 0 heterocycles. The highest BCUT2D eigenvalue weighted by Crippen LogP contribution is 2.29. The molecule has 0 fully saturated rings. The fourth-order valence-corrected chi connectivity index (χ4v) is 1.61. The number of hydrogen-bond acceptors (Lipinski definition) is 2. The minimum Gasteiger partial charge on any atom is -0.465 e. The van der Waals surface area contributed by atoms with Crippen LogP contribution in [0.25, 0.3) is 0 Å². The number of hydrogen-bond donors (Lipinski definition) is 0. The Morgan fingerprint density at radius 3 is 1.67 bits per heavy atom. The van der Waals surface area contributed by atoms with Crippen molar-refractivity contribution in [2.45, 2.75) is 52.4 Å². The SMILES string of the molecule is COC(=O)c1cc(C(C)(C)C)[c]c(C(C)(C)C)c1. The second-order valence-electron chi connectivity index (χ2n) is 6.69. The average Bonchev–Trinajstić information content (AvgIpc) is 2.25. The van der Waals surface area contributed by atoms with Gasteiger partial charge in [0.1, 0.15) is 0 Å². The number of esters is 1. The minimum atomic E-state index is -0.292. The van der Waals surface area contributed by atoms with Gasteiger partial charge in [-0.1, -0.05) is 41.5 Å². The zero-order valence-corrected chi connectivity index (χ0v) is 12.5. The molecule has 99 valence electrons. The van der Waals surface area contributed by atoms with Gasteiger partial charge < -0.3 is 4.74 Å². The van der Waals surface area contributed by atoms with Gasteiger partial charge in [-0.15, -0.1) is 0 Å². The minimum absolute atomic E-state index is 0.0377. The molecule has 0 atom stereocenters. The van der Waals surface area contributed by atoms with Crippen LogP contribution in [0.3, 0.4) is 0 Å². The van der Waals surface area contributed by atoms with Crippen LogP contribution in [0.2, 0.25) is 0 Å². The molecule has 0 amide bonds. The summed E-state index contributed by atoms with van der Waals surface area (Å²) in [5.74, 6) is -0.292. The first-order valence-electron chi connectivity index (χ1n) is 6.22. The number of carbonyl (C=O) groups is 1. The quantitative estimate of drug-likeness (QED) is 0.704. The maximum atomic E-state index is 11.7. The summed E-state index contributed by atoms with van der Waals surface area (Å²) < 4.78 is 4.82. The van der Waals surface area contributed by atoms with Crippen molar-refractivity contribution in [2.24, 2.45) is 0 Å². The van der Waals surface area contributed by atoms with Gasteiger partial charge in [0.25, 0.3) is 0 Å². The van der Waals surface area contributed by atoms with Gasteiger partial charge >= 0.3 is 5.97 Å². The molecular weight excluding hydrogens is 224 g/mol. The first kappa shape index (κ1) is 14.7. The Bertz CT molecular complexity index is 413. The highest BCUT2D eigenvalue weighted by atomic mass is 16.5. The van der Waals surface area contributed by atoms with Gasteiger partial charge in [0.15, 0.2) is 0 Å². The van der Waals surface area contributed by atoms with E-state index in [0.717, 1.165) is 11.1 Å². The third-order valence-corrected chi connectivity index (χ3v) is 2.91. The van der Waals surface area contributed by atoms with Crippen LogP contribution in [0.4, 0.5) is 0 Å². The molecule has 1 aromatic rings. The van der Waals surface area contributed by atoms with Crippen molar-refractivity contribution in [1.82, 2.24) is 0 Å². The van der Waals surface area contributed by atoms with Crippen LogP contribution in [-0.2, 0) is 15.6 Å². The molecule has 0 saturated heterocycles. The van der Waals surface area contributed by atoms with E-state index in [-0.39, 0.29) is 16.8 Å². The first-order chi connectivity index (χ1) is 8.05. The van der Waals surface area contributed by atoms with Crippen LogP contribution in [0.1, 0.15) is 63.0 Å². The Kier molecular flexibility index (Phi) is 3.89. The molecule has 0 saturated carbocycles. The van der Waals surface area contributed by atoms with Crippen molar-refractivity contribution >= 4 is 5.97 Å². The normalized spacial score (nSPS) is 12.4. The molecule has 0 spiro atoms. The van der Waals surface area contributed by atoms with Crippen molar-refractivity contribution in [1.29, 1.82) is 0 Å². The summed E-state index contributed by atoms with van der Waals surface area (Å²) in [7, 11) is 1.41. The van der Waals surface area contributed by atoms with Crippen LogP contribution in [0.15, 0.2) is 12.1 Å². The smallest absolute Gasteiger partial charge is 0.337 e. The molecule has 0 aliphatic rings. The van der Waals surface area contributed by atoms with Crippen LogP contribution in [0.5, 0.6) is 0 Å². The predicted molar refractivity (Wildman–Crippen MR) is 74.0 cm³/mol. The topological polar surface area (TPSA) is 26.3 Å². The molecule has 0 N–H and O–H groups in total. The molecule has 0 aromatic heterocycles. The van der Waals surface area contributed by atoms with Crippen molar-refractivity contribution in [3.8, 4) is 0 Å². The third-order valence-electron chi connectivity index (χ3n) is 2.91. The van der Waals surface area contributed by atoms with Gasteiger partial charge in [-0.2, -0.15) is 0 Å². The highest BCUT2D eigenvalue weighted by molar-refractivity contribution is 5.89. The van der Waals surface area contributed by atoms with Gasteiger partial charge in [0, 0.05) is 0 Å². The number of methoxy groups -OCH3 is 1. The van der Waals surface area contributed by atoms with Gasteiger partial charge in [0.05, 0.1) is 12.7 Å². The zero-order chi connectivity index (χ0) is 14.1. The molecule has 0 bridgehead atoms. The average molecular weight is 247 g/mol. The van der Waals surface area contributed by atoms with E-state index >= 15 is 0 Å². The summed E-state index contributed by atoms with van der Waals surface area (Å²) in [5, 5.41) is 0. The molecule has 2 heteroatoms. The lowest BCUT2D eigenvalue weighted by Gasteiger charge is -2.25. The summed E-state index contributed by atoms with van der Waals surface area (Å²) in [5.41, 5.74) is 2.60. The summed E-state index contributed by atoms with van der Waals surface area (Å²) in [6.07, 6.45) is 0. The Morgan fingerprint density at radius 2 is 1.39 bits per heavy atom. The van der Waals surface area contributed by atoms with E-state index in [1.54, 1.807) is 0 Å². The first-order valence-corrected chi connectivity index (χ1v) is 6.22. The van der Waals surface area contributed by atoms with E-state index in [1.807, 2.05) is 12.1 Å². The third kappa shape index (κ3) is 3.34. The van der Waals surface area contributed by atoms with E-state index in [1.165, 1.54) is 7.11 Å². The van der Waals surface area contributed by atoms with Crippen LogP contribution >= 0.6 is 0 Å². The summed E-state index contributed by atoms with van der Waals surface area (Å²) in [6.45, 7) is 12.7. The van der Waals surface area contributed by atoms with Gasteiger partial charge in [0.2, 0.25) is 0 Å². The molecule has 0 aliphatic heterocycles. The Morgan fingerprint density at radius 1 is 1.00 bits per heavy atom. The fourth-order valence-electron chi connectivity index (χ4n) is 1.61. The Labute approximate surface area is 110 Å². The number of carbonyl (C=O) groups excluding carboxylic acids is 1. The standard InChI is InChI=1S/C16H23O2/c1-15(2,3)12-8-11(14(17)18-7)9-13(10-12)16(4,5)6/h8-9H,1-7H3. The summed E-state index contributed by atoms with van der Waals surface area (Å²) in [4.78, 5) is 11.7. The molecule has 0 aliphatic carbocycles. The molecule has 1 radical (unpaired) electrons. The van der Waals surface area contributed by atoms with E-state index in [0.29, 0.717) is 5.56 Å². The van der Waals surface area contributed by atoms with E-state index < -0.39 is 0 Å². The van der Waals surface area contributed by atoms with Gasteiger partial charge in [-0.3, -0.25) is 0 Å². The molecular formula is C16H23O2. The van der Waals surface area contributed by atoms with Crippen molar-refractivity contribution in [2.75, 3.05) is 7.11 Å². The summed E-state index contributed by atoms with van der Waals surface area (Å²) >= 11 is 0. The molecule has 1 rings (SSSR count). The van der Waals surface area contributed by atoms with Gasteiger partial charge in [-0.25, -0.2) is 4.79 Å². The van der Waals surface area contributed by atoms with E-state index in [9.17, 15) is 4.79 Å². The maximum absolute atomic E-state index is 11.7. The van der Waals surface area contributed by atoms with Crippen molar-refractivity contribution in [3.63, 3.8) is 0 Å². The van der Waals surface area contributed by atoms with Crippen LogP contribution in [0, 0.1) is 6.07 Å². The number of ether oxygens (including phenoxy) is 1. The fraction of sp³-hybridized carbons (Fsp3) is 0.562. The van der Waals surface area contributed by atoms with E-state index in [2.05, 4.69) is 47.6 Å². The zero-order valence-electron chi connectivity index (χ0n) is 12.5. The van der Waals surface area contributed by atoms with E-state index in [4.69, 9.17) is 4.74 Å². The lowest BCUT2D eigenvalue weighted by molar-refractivity contribution is 0.0600. The summed E-state index contributed by atoms with van der Waals surface area (Å²) in [6, 6.07) is 7.19. The lowest BCUT2D eigenvalue weighted by atomic mass is 9.79. The van der Waals surface area contributed by atoms with Crippen molar-refractivity contribution in [3.05, 3.63) is 34.9 Å². The molecule has 2 nitrogen and oxygen atoms in total. The number of rotatable bonds is 1. The predicted octanol–water partition coefficient (Wildman–Crippen LogP) is 3.87. The Hall–Kier alpha value is -1.31. The lowest BCUT2D eigenvalue weighted by Crippen LogP contribution is -2.18. The molecule has 0 unspecified atom stereocenters. The molecule has 18 heavy (non-hydrogen) atoms. The highest BCUT2D eigenvalue weighted by Gasteiger charge is 2.22. The van der Waals surface area contributed by atoms with Crippen LogP contribution < -0.4 is 0 Å².